The van der Waals surface area contributed by atoms with E-state index in [0.29, 0.717) is 5.69 Å². The van der Waals surface area contributed by atoms with E-state index < -0.39 is 0 Å². The van der Waals surface area contributed by atoms with Gasteiger partial charge in [-0.25, -0.2) is 4.98 Å². The molecule has 0 atom stereocenters. The van der Waals surface area contributed by atoms with Crippen LogP contribution in [0.2, 0.25) is 0 Å². The minimum absolute atomic E-state index is 0.226. The normalized spacial score (nSPS) is 15.6. The minimum Gasteiger partial charge on any atom is -0.321 e. The summed E-state index contributed by atoms with van der Waals surface area (Å²) < 4.78 is 1.79. The molecule has 0 saturated carbocycles. The Morgan fingerprint density at radius 3 is 2.48 bits per heavy atom. The van der Waals surface area contributed by atoms with Crippen molar-refractivity contribution >= 4 is 0 Å². The summed E-state index contributed by atoms with van der Waals surface area (Å²) in [6.07, 6.45) is 6.26. The Kier molecular flexibility index (Phi) is 5.82. The van der Waals surface area contributed by atoms with Gasteiger partial charge in [0, 0.05) is 6.54 Å². The zero-order chi connectivity index (χ0) is 17.5. The Hall–Kier alpha value is -2.63. The maximum absolute atomic E-state index is 9.15. The Morgan fingerprint density at radius 1 is 1.04 bits per heavy atom. The van der Waals surface area contributed by atoms with Gasteiger partial charge in [0.1, 0.15) is 12.1 Å². The molecule has 1 fully saturated rings. The van der Waals surface area contributed by atoms with E-state index in [1.54, 1.807) is 10.9 Å². The number of hydrogen-bond acceptors (Lipinski definition) is 4. The van der Waals surface area contributed by atoms with Crippen molar-refractivity contribution in [3.05, 3.63) is 53.6 Å². The SMILES string of the molecule is N#Cc1ncn(CCCN2CCC(Cc3ccccc3)CC2)c1C#N. The number of imidazole rings is 1. The second kappa shape index (κ2) is 8.46. The first kappa shape index (κ1) is 17.2. The van der Waals surface area contributed by atoms with Gasteiger partial charge in [-0.1, -0.05) is 30.3 Å². The molecule has 0 spiro atoms. The van der Waals surface area contributed by atoms with Crippen LogP contribution in [0.3, 0.4) is 0 Å². The number of benzene rings is 1. The van der Waals surface area contributed by atoms with Crippen molar-refractivity contribution in [1.82, 2.24) is 14.5 Å². The van der Waals surface area contributed by atoms with Crippen LogP contribution < -0.4 is 0 Å². The Morgan fingerprint density at radius 2 is 1.80 bits per heavy atom. The fraction of sp³-hybridized carbons (Fsp3) is 0.450. The molecule has 0 aliphatic carbocycles. The van der Waals surface area contributed by atoms with Crippen molar-refractivity contribution in [3.63, 3.8) is 0 Å². The highest BCUT2D eigenvalue weighted by Crippen LogP contribution is 2.21. The smallest absolute Gasteiger partial charge is 0.176 e. The van der Waals surface area contributed by atoms with Gasteiger partial charge in [-0.15, -0.1) is 0 Å². The number of rotatable bonds is 6. The molecule has 1 aromatic carbocycles. The van der Waals surface area contributed by atoms with Crippen LogP contribution in [-0.2, 0) is 13.0 Å². The number of aryl methyl sites for hydroxylation is 1. The molecule has 5 nitrogen and oxygen atoms in total. The van der Waals surface area contributed by atoms with Gasteiger partial charge < -0.3 is 9.47 Å². The predicted octanol–water partition coefficient (Wildman–Crippen LogP) is 2.97. The highest BCUT2D eigenvalue weighted by Gasteiger charge is 2.19. The van der Waals surface area contributed by atoms with Gasteiger partial charge in [0.2, 0.25) is 0 Å². The molecule has 0 radical (unpaired) electrons. The average molecular weight is 333 g/mol. The Balaban J connectivity index is 1.41. The van der Waals surface area contributed by atoms with Crippen molar-refractivity contribution in [3.8, 4) is 12.1 Å². The van der Waals surface area contributed by atoms with E-state index in [-0.39, 0.29) is 5.69 Å². The van der Waals surface area contributed by atoms with Crippen LogP contribution in [0, 0.1) is 28.6 Å². The number of likely N-dealkylation sites (tertiary alicyclic amines) is 1. The molecule has 1 aromatic heterocycles. The van der Waals surface area contributed by atoms with Gasteiger partial charge in [0.15, 0.2) is 11.4 Å². The van der Waals surface area contributed by atoms with Gasteiger partial charge in [0.05, 0.1) is 6.33 Å². The van der Waals surface area contributed by atoms with E-state index in [9.17, 15) is 0 Å². The van der Waals surface area contributed by atoms with Gasteiger partial charge in [-0.05, 0) is 56.8 Å². The Labute approximate surface area is 149 Å². The van der Waals surface area contributed by atoms with Crippen LogP contribution in [0.25, 0.3) is 0 Å². The van der Waals surface area contributed by atoms with Crippen molar-refractivity contribution < 1.29 is 0 Å². The lowest BCUT2D eigenvalue weighted by atomic mass is 9.90. The molecular formula is C20H23N5. The van der Waals surface area contributed by atoms with E-state index in [1.807, 2.05) is 6.07 Å². The lowest BCUT2D eigenvalue weighted by molar-refractivity contribution is 0.180. The van der Waals surface area contributed by atoms with E-state index in [2.05, 4.69) is 46.3 Å². The molecule has 128 valence electrons. The molecule has 0 N–H and O–H groups in total. The van der Waals surface area contributed by atoms with E-state index in [4.69, 9.17) is 10.5 Å². The van der Waals surface area contributed by atoms with Crippen LogP contribution in [0.1, 0.15) is 36.2 Å². The molecule has 2 heterocycles. The molecule has 1 aliphatic heterocycles. The number of hydrogen-bond donors (Lipinski definition) is 0. The average Bonchev–Trinajstić information content (AvgIpc) is 3.06. The lowest BCUT2D eigenvalue weighted by Gasteiger charge is -2.32. The molecule has 0 unspecified atom stereocenters. The highest BCUT2D eigenvalue weighted by atomic mass is 15.1. The third-order valence-corrected chi connectivity index (χ3v) is 5.00. The first-order chi connectivity index (χ1) is 12.3. The summed E-state index contributed by atoms with van der Waals surface area (Å²) in [4.78, 5) is 6.50. The summed E-state index contributed by atoms with van der Waals surface area (Å²) in [6.45, 7) is 4.07. The Bertz CT molecular complexity index is 758. The van der Waals surface area contributed by atoms with Gasteiger partial charge in [0.25, 0.3) is 0 Å². The largest absolute Gasteiger partial charge is 0.321 e. The maximum Gasteiger partial charge on any atom is 0.176 e. The van der Waals surface area contributed by atoms with Crippen LogP contribution in [0.15, 0.2) is 36.7 Å². The molecule has 0 amide bonds. The number of aromatic nitrogens is 2. The summed E-state index contributed by atoms with van der Waals surface area (Å²) in [5.74, 6) is 0.788. The van der Waals surface area contributed by atoms with Gasteiger partial charge in [-0.2, -0.15) is 10.5 Å². The second-order valence-electron chi connectivity index (χ2n) is 6.69. The minimum atomic E-state index is 0.226. The van der Waals surface area contributed by atoms with Crippen LogP contribution >= 0.6 is 0 Å². The van der Waals surface area contributed by atoms with E-state index in [0.717, 1.165) is 38.5 Å². The molecule has 1 saturated heterocycles. The first-order valence-corrected chi connectivity index (χ1v) is 8.91. The van der Waals surface area contributed by atoms with Crippen LogP contribution in [0.4, 0.5) is 0 Å². The highest BCUT2D eigenvalue weighted by molar-refractivity contribution is 5.35. The van der Waals surface area contributed by atoms with Crippen LogP contribution in [0.5, 0.6) is 0 Å². The van der Waals surface area contributed by atoms with E-state index in [1.165, 1.54) is 24.8 Å². The molecule has 3 rings (SSSR count). The quantitative estimate of drug-likeness (QED) is 0.815. The van der Waals surface area contributed by atoms with Crippen LogP contribution in [-0.4, -0.2) is 34.1 Å². The number of piperidine rings is 1. The summed E-state index contributed by atoms with van der Waals surface area (Å²) in [5, 5.41) is 18.1. The first-order valence-electron chi connectivity index (χ1n) is 8.91. The fourth-order valence-electron chi connectivity index (χ4n) is 3.58. The zero-order valence-corrected chi connectivity index (χ0v) is 14.4. The predicted molar refractivity (Wildman–Crippen MR) is 95.6 cm³/mol. The summed E-state index contributed by atoms with van der Waals surface area (Å²) in [5.41, 5.74) is 2.05. The van der Waals surface area contributed by atoms with Gasteiger partial charge in [-0.3, -0.25) is 0 Å². The fourth-order valence-corrected chi connectivity index (χ4v) is 3.58. The lowest BCUT2D eigenvalue weighted by Crippen LogP contribution is -2.35. The number of nitrogens with zero attached hydrogens (tertiary/aromatic N) is 5. The molecule has 1 aliphatic rings. The standard InChI is InChI=1S/C20H23N5/c21-14-19-20(15-22)25(16-23-19)10-4-9-24-11-7-18(8-12-24)13-17-5-2-1-3-6-17/h1-3,5-6,16,18H,4,7-13H2. The monoisotopic (exact) mass is 333 g/mol. The summed E-state index contributed by atoms with van der Waals surface area (Å²) in [7, 11) is 0. The van der Waals surface area contributed by atoms with Crippen molar-refractivity contribution in [2.45, 2.75) is 32.2 Å². The van der Waals surface area contributed by atoms with E-state index >= 15 is 0 Å². The summed E-state index contributed by atoms with van der Waals surface area (Å²) >= 11 is 0. The third kappa shape index (κ3) is 4.47. The molecule has 2 aromatic rings. The zero-order valence-electron chi connectivity index (χ0n) is 14.4. The molecule has 0 bridgehead atoms. The summed E-state index contributed by atoms with van der Waals surface area (Å²) in [6, 6.07) is 14.8. The maximum atomic E-state index is 9.15. The third-order valence-electron chi connectivity index (χ3n) is 5.00. The molecule has 5 heteroatoms. The van der Waals surface area contributed by atoms with Crippen molar-refractivity contribution in [1.29, 1.82) is 10.5 Å². The molecular weight excluding hydrogens is 310 g/mol. The van der Waals surface area contributed by atoms with Crippen molar-refractivity contribution in [2.75, 3.05) is 19.6 Å². The second-order valence-corrected chi connectivity index (χ2v) is 6.69. The topological polar surface area (TPSA) is 68.6 Å². The number of nitriles is 2. The van der Waals surface area contributed by atoms with Crippen molar-refractivity contribution in [2.24, 2.45) is 5.92 Å². The molecule has 25 heavy (non-hydrogen) atoms. The van der Waals surface area contributed by atoms with Gasteiger partial charge >= 0.3 is 0 Å².